The molecular weight excluding hydrogens is 284 g/mol. The Balaban J connectivity index is 1.76. The highest BCUT2D eigenvalue weighted by Gasteiger charge is 2.40. The third-order valence-corrected chi connectivity index (χ3v) is 4.55. The van der Waals surface area contributed by atoms with E-state index in [1.54, 1.807) is 0 Å². The van der Waals surface area contributed by atoms with Crippen LogP contribution < -0.4 is 4.74 Å². The van der Waals surface area contributed by atoms with Gasteiger partial charge in [0.05, 0.1) is 0 Å². The summed E-state index contributed by atoms with van der Waals surface area (Å²) < 4.78 is 5.34. The fourth-order valence-electron chi connectivity index (χ4n) is 3.45. The molecule has 0 heterocycles. The first-order valence-electron chi connectivity index (χ1n) is 7.98. The van der Waals surface area contributed by atoms with Crippen LogP contribution in [0.1, 0.15) is 36.3 Å². The van der Waals surface area contributed by atoms with Crippen LogP contribution in [0.25, 0.3) is 10.8 Å². The molecule has 114 valence electrons. The van der Waals surface area contributed by atoms with E-state index < -0.39 is 0 Å². The highest BCUT2D eigenvalue weighted by atomic mass is 16.5. The number of ether oxygens (including phenoxy) is 1. The van der Waals surface area contributed by atoms with Crippen LogP contribution in [0.2, 0.25) is 0 Å². The Bertz CT molecular complexity index is 867. The molecule has 1 aliphatic carbocycles. The molecule has 1 saturated carbocycles. The Morgan fingerprint density at radius 1 is 0.957 bits per heavy atom. The average Bonchev–Trinajstić information content (AvgIpc) is 3.35. The number of hydrogen-bond donors (Lipinski definition) is 0. The molecule has 0 spiro atoms. The van der Waals surface area contributed by atoms with E-state index in [1.807, 2.05) is 18.2 Å². The van der Waals surface area contributed by atoms with E-state index in [1.165, 1.54) is 23.4 Å². The smallest absolute Gasteiger partial charge is 0.308 e. The largest absolute Gasteiger partial charge is 0.427 e. The summed E-state index contributed by atoms with van der Waals surface area (Å²) in [5.41, 5.74) is 2.67. The lowest BCUT2D eigenvalue weighted by Crippen LogP contribution is -2.02. The van der Waals surface area contributed by atoms with Crippen LogP contribution in [0.5, 0.6) is 5.75 Å². The Hall–Kier alpha value is -2.61. The van der Waals surface area contributed by atoms with Crippen molar-refractivity contribution < 1.29 is 9.53 Å². The number of benzene rings is 3. The van der Waals surface area contributed by atoms with Crippen LogP contribution in [0.4, 0.5) is 0 Å². The predicted octanol–water partition coefficient (Wildman–Crippen LogP) is 5.04. The second-order valence-electron chi connectivity index (χ2n) is 6.19. The first-order chi connectivity index (χ1) is 11.2. The van der Waals surface area contributed by atoms with Crippen molar-refractivity contribution in [1.82, 2.24) is 0 Å². The van der Waals surface area contributed by atoms with E-state index in [9.17, 15) is 4.79 Å². The summed E-state index contributed by atoms with van der Waals surface area (Å²) in [5, 5.41) is 2.38. The van der Waals surface area contributed by atoms with Gasteiger partial charge in [0, 0.05) is 6.92 Å². The van der Waals surface area contributed by atoms with Crippen LogP contribution in [0.15, 0.2) is 66.7 Å². The maximum absolute atomic E-state index is 11.3. The summed E-state index contributed by atoms with van der Waals surface area (Å²) in [5.74, 6) is 1.43. The van der Waals surface area contributed by atoms with E-state index in [0.717, 1.165) is 11.8 Å². The first kappa shape index (κ1) is 14.0. The maximum Gasteiger partial charge on any atom is 0.308 e. The topological polar surface area (TPSA) is 26.3 Å². The van der Waals surface area contributed by atoms with Crippen molar-refractivity contribution >= 4 is 16.7 Å². The third-order valence-electron chi connectivity index (χ3n) is 4.55. The van der Waals surface area contributed by atoms with Gasteiger partial charge in [-0.1, -0.05) is 54.6 Å². The molecule has 1 fully saturated rings. The van der Waals surface area contributed by atoms with Gasteiger partial charge < -0.3 is 4.74 Å². The fraction of sp³-hybridized carbons (Fsp3) is 0.190. The van der Waals surface area contributed by atoms with Crippen molar-refractivity contribution in [3.63, 3.8) is 0 Å². The summed E-state index contributed by atoms with van der Waals surface area (Å²) in [4.78, 5) is 11.3. The molecule has 4 rings (SSSR count). The molecule has 0 radical (unpaired) electrons. The molecule has 0 bridgehead atoms. The molecule has 3 aromatic rings. The highest BCUT2D eigenvalue weighted by molar-refractivity contribution is 5.89. The molecule has 23 heavy (non-hydrogen) atoms. The minimum atomic E-state index is -0.276. The van der Waals surface area contributed by atoms with Crippen molar-refractivity contribution in [3.8, 4) is 5.75 Å². The Morgan fingerprint density at radius 2 is 1.70 bits per heavy atom. The number of rotatable bonds is 3. The summed E-state index contributed by atoms with van der Waals surface area (Å²) in [7, 11) is 0. The number of carbonyl (C=O) groups is 1. The van der Waals surface area contributed by atoms with E-state index in [0.29, 0.717) is 17.6 Å². The lowest BCUT2D eigenvalue weighted by atomic mass is 9.98. The lowest BCUT2D eigenvalue weighted by Gasteiger charge is -2.10. The van der Waals surface area contributed by atoms with Crippen molar-refractivity contribution in [2.24, 2.45) is 0 Å². The molecule has 0 aromatic heterocycles. The van der Waals surface area contributed by atoms with Crippen molar-refractivity contribution in [2.45, 2.75) is 25.2 Å². The van der Waals surface area contributed by atoms with E-state index in [4.69, 9.17) is 4.74 Å². The monoisotopic (exact) mass is 302 g/mol. The van der Waals surface area contributed by atoms with Crippen LogP contribution in [0, 0.1) is 0 Å². The zero-order valence-corrected chi connectivity index (χ0v) is 13.0. The quantitative estimate of drug-likeness (QED) is 0.500. The van der Waals surface area contributed by atoms with Gasteiger partial charge in [-0.25, -0.2) is 0 Å². The summed E-state index contributed by atoms with van der Waals surface area (Å²) in [6.45, 7) is 1.44. The van der Waals surface area contributed by atoms with Crippen molar-refractivity contribution in [1.29, 1.82) is 0 Å². The zero-order valence-electron chi connectivity index (χ0n) is 13.0. The van der Waals surface area contributed by atoms with Crippen LogP contribution in [-0.2, 0) is 4.79 Å². The zero-order chi connectivity index (χ0) is 15.8. The Kier molecular flexibility index (Phi) is 3.38. The minimum Gasteiger partial charge on any atom is -0.427 e. The molecule has 2 unspecified atom stereocenters. The van der Waals surface area contributed by atoms with Gasteiger partial charge in [-0.2, -0.15) is 0 Å². The molecule has 2 nitrogen and oxygen atoms in total. The number of esters is 1. The summed E-state index contributed by atoms with van der Waals surface area (Å²) in [6, 6.07) is 22.9. The predicted molar refractivity (Wildman–Crippen MR) is 91.8 cm³/mol. The van der Waals surface area contributed by atoms with Gasteiger partial charge >= 0.3 is 5.97 Å². The van der Waals surface area contributed by atoms with Gasteiger partial charge in [-0.05, 0) is 52.3 Å². The van der Waals surface area contributed by atoms with E-state index in [2.05, 4.69) is 48.5 Å². The van der Waals surface area contributed by atoms with Gasteiger partial charge in [0.15, 0.2) is 0 Å². The molecule has 2 atom stereocenters. The van der Waals surface area contributed by atoms with Gasteiger partial charge in [0.2, 0.25) is 0 Å². The molecule has 1 aliphatic rings. The second kappa shape index (κ2) is 5.54. The Morgan fingerprint density at radius 3 is 2.48 bits per heavy atom. The second-order valence-corrected chi connectivity index (χ2v) is 6.19. The van der Waals surface area contributed by atoms with Gasteiger partial charge in [-0.15, -0.1) is 0 Å². The normalized spacial score (nSPS) is 19.5. The van der Waals surface area contributed by atoms with Crippen molar-refractivity contribution in [3.05, 3.63) is 77.9 Å². The van der Waals surface area contributed by atoms with E-state index in [-0.39, 0.29) is 5.97 Å². The number of fused-ring (bicyclic) bond motifs is 1. The molecular formula is C21H18O2. The lowest BCUT2D eigenvalue weighted by molar-refractivity contribution is -0.131. The molecule has 0 aliphatic heterocycles. The minimum absolute atomic E-state index is 0.276. The summed E-state index contributed by atoms with van der Waals surface area (Å²) in [6.07, 6.45) is 1.15. The SMILES string of the molecule is CC(=O)Oc1cc(C2CC2c2ccccc2)c2ccccc2c1. The Labute approximate surface area is 135 Å². The number of hydrogen-bond acceptors (Lipinski definition) is 2. The third kappa shape index (κ3) is 2.72. The van der Waals surface area contributed by atoms with Crippen LogP contribution in [-0.4, -0.2) is 5.97 Å². The fourth-order valence-corrected chi connectivity index (χ4v) is 3.45. The van der Waals surface area contributed by atoms with Gasteiger partial charge in [0.1, 0.15) is 5.75 Å². The van der Waals surface area contributed by atoms with E-state index >= 15 is 0 Å². The molecule has 3 aromatic carbocycles. The van der Waals surface area contributed by atoms with Crippen molar-refractivity contribution in [2.75, 3.05) is 0 Å². The number of carbonyl (C=O) groups excluding carboxylic acids is 1. The van der Waals surface area contributed by atoms with Crippen LogP contribution in [0.3, 0.4) is 0 Å². The molecule has 0 N–H and O–H groups in total. The highest BCUT2D eigenvalue weighted by Crippen LogP contribution is 2.56. The first-order valence-corrected chi connectivity index (χ1v) is 7.98. The standard InChI is InChI=1S/C21H18O2/c1-14(22)23-17-11-16-9-5-6-10-18(16)20(12-17)21-13-19(21)15-7-3-2-4-8-15/h2-12,19,21H,13H2,1H3. The molecule has 0 amide bonds. The van der Waals surface area contributed by atoms with Crippen LogP contribution >= 0.6 is 0 Å². The molecule has 2 heteroatoms. The van der Waals surface area contributed by atoms with Gasteiger partial charge in [0.25, 0.3) is 0 Å². The summed E-state index contributed by atoms with van der Waals surface area (Å²) >= 11 is 0. The average molecular weight is 302 g/mol. The molecule has 0 saturated heterocycles. The maximum atomic E-state index is 11.3. The van der Waals surface area contributed by atoms with Gasteiger partial charge in [-0.3, -0.25) is 4.79 Å².